The fraction of sp³-hybridized carbons (Fsp3) is 0.235. The quantitative estimate of drug-likeness (QED) is 0.0319. The number of benzene rings is 5. The third-order valence-corrected chi connectivity index (χ3v) is 10.4. The number of carbonyl (C=O) groups is 6. The molecular formula is C51H53N5O10S. The molecule has 1 aliphatic rings. The number of Topliss-reactive ketones (excluding diaryl/α,β-unsaturated/α-hetero) is 3. The highest BCUT2D eigenvalue weighted by Gasteiger charge is 2.17. The molecule has 67 heavy (non-hydrogen) atoms. The van der Waals surface area contributed by atoms with Crippen LogP contribution in [0, 0.1) is 0 Å². The van der Waals surface area contributed by atoms with Gasteiger partial charge >= 0.3 is 17.9 Å². The Kier molecular flexibility index (Phi) is 21.0. The largest absolute Gasteiger partial charge is 0.378 e. The van der Waals surface area contributed by atoms with Crippen molar-refractivity contribution in [1.29, 1.82) is 0 Å². The minimum Gasteiger partial charge on any atom is -0.378 e. The molecule has 0 spiro atoms. The van der Waals surface area contributed by atoms with Crippen molar-refractivity contribution in [2.45, 2.75) is 39.0 Å². The third-order valence-electron chi connectivity index (χ3n) is 9.70. The van der Waals surface area contributed by atoms with Crippen molar-refractivity contribution < 1.29 is 48.0 Å². The topological polar surface area (TPSA) is 183 Å². The summed E-state index contributed by atoms with van der Waals surface area (Å²) in [7, 11) is 3.82. The van der Waals surface area contributed by atoms with Gasteiger partial charge in [0.1, 0.15) is 17.1 Å². The average Bonchev–Trinajstić information content (AvgIpc) is 3.38. The van der Waals surface area contributed by atoms with E-state index in [1.807, 2.05) is 55.6 Å². The lowest BCUT2D eigenvalue weighted by Crippen LogP contribution is -2.36. The van der Waals surface area contributed by atoms with Crippen molar-refractivity contribution >= 4 is 75.5 Å². The van der Waals surface area contributed by atoms with Gasteiger partial charge < -0.3 is 29.0 Å². The normalized spacial score (nSPS) is 12.5. The van der Waals surface area contributed by atoms with E-state index < -0.39 is 17.9 Å². The van der Waals surface area contributed by atoms with Crippen LogP contribution in [0.1, 0.15) is 85.9 Å². The fourth-order valence-electron chi connectivity index (χ4n) is 5.65. The zero-order valence-corrected chi connectivity index (χ0v) is 39.3. The second-order valence-corrected chi connectivity index (χ2v) is 15.5. The van der Waals surface area contributed by atoms with E-state index in [0.717, 1.165) is 29.4 Å². The van der Waals surface area contributed by atoms with Crippen molar-refractivity contribution in [3.05, 3.63) is 161 Å². The van der Waals surface area contributed by atoms with Gasteiger partial charge in [0.15, 0.2) is 5.78 Å². The van der Waals surface area contributed by atoms with Crippen LogP contribution in [0.5, 0.6) is 0 Å². The molecule has 0 N–H and O–H groups in total. The Morgan fingerprint density at radius 3 is 1.46 bits per heavy atom. The Hall–Kier alpha value is -7.56. The van der Waals surface area contributed by atoms with Crippen LogP contribution in [-0.2, 0) is 24.0 Å². The maximum absolute atomic E-state index is 12.7. The molecule has 1 heterocycles. The summed E-state index contributed by atoms with van der Waals surface area (Å²) in [6, 6.07) is 38.5. The van der Waals surface area contributed by atoms with Gasteiger partial charge in [-0.2, -0.15) is 0 Å². The van der Waals surface area contributed by atoms with Gasteiger partial charge in [-0.1, -0.05) is 58.8 Å². The van der Waals surface area contributed by atoms with E-state index in [-0.39, 0.29) is 34.5 Å². The zero-order valence-electron chi connectivity index (χ0n) is 38.5. The van der Waals surface area contributed by atoms with Crippen molar-refractivity contribution in [3.63, 3.8) is 0 Å². The first kappa shape index (κ1) is 52.1. The molecule has 0 amide bonds. The summed E-state index contributed by atoms with van der Waals surface area (Å²) in [5.74, 6) is -2.51. The van der Waals surface area contributed by atoms with Crippen LogP contribution < -0.4 is 9.80 Å². The molecule has 0 atom stereocenters. The first-order valence-corrected chi connectivity index (χ1v) is 22.3. The lowest BCUT2D eigenvalue weighted by Gasteiger charge is -2.28. The van der Waals surface area contributed by atoms with Crippen LogP contribution in [-0.4, -0.2) is 99.0 Å². The van der Waals surface area contributed by atoms with E-state index >= 15 is 0 Å². The number of nitrogens with zero attached hydrogens (tertiary/aromatic N) is 5. The maximum atomic E-state index is 12.7. The van der Waals surface area contributed by atoms with Crippen molar-refractivity contribution in [1.82, 2.24) is 0 Å². The van der Waals surface area contributed by atoms with Gasteiger partial charge in [0, 0.05) is 61.5 Å². The molecule has 348 valence electrons. The van der Waals surface area contributed by atoms with Gasteiger partial charge in [-0.15, -0.1) is 11.8 Å². The molecule has 1 saturated heterocycles. The van der Waals surface area contributed by atoms with Crippen molar-refractivity contribution in [2.24, 2.45) is 15.5 Å². The molecule has 0 unspecified atom stereocenters. The number of rotatable bonds is 15. The molecule has 6 rings (SSSR count). The molecule has 0 bridgehead atoms. The van der Waals surface area contributed by atoms with Crippen LogP contribution in [0.15, 0.2) is 154 Å². The summed E-state index contributed by atoms with van der Waals surface area (Å²) >= 11 is 1.60. The summed E-state index contributed by atoms with van der Waals surface area (Å²) in [6.07, 6.45) is 2.33. The molecule has 0 aromatic heterocycles. The number of carbonyl (C=O) groups excluding carboxylic acids is 6. The lowest BCUT2D eigenvalue weighted by molar-refractivity contribution is -0.111. The number of thioether (sulfide) groups is 1. The van der Waals surface area contributed by atoms with Gasteiger partial charge in [0.2, 0.25) is 11.6 Å². The number of oxime groups is 3. The van der Waals surface area contributed by atoms with Crippen molar-refractivity contribution in [2.75, 3.05) is 56.5 Å². The van der Waals surface area contributed by atoms with Crippen molar-refractivity contribution in [3.8, 4) is 0 Å². The number of ketones is 3. The minimum absolute atomic E-state index is 0.126. The Morgan fingerprint density at radius 2 is 1.00 bits per heavy atom. The van der Waals surface area contributed by atoms with Gasteiger partial charge in [0.05, 0.1) is 29.9 Å². The Balaban J connectivity index is 0.000000224. The highest BCUT2D eigenvalue weighted by Crippen LogP contribution is 2.19. The molecule has 0 aliphatic carbocycles. The van der Waals surface area contributed by atoms with E-state index in [2.05, 4.69) is 25.2 Å². The molecule has 5 aromatic carbocycles. The number of hydrogen-bond donors (Lipinski definition) is 0. The number of anilines is 2. The second-order valence-electron chi connectivity index (χ2n) is 14.6. The van der Waals surface area contributed by atoms with Gasteiger partial charge in [0.25, 0.3) is 0 Å². The van der Waals surface area contributed by atoms with Gasteiger partial charge in [-0.05, 0) is 124 Å². The third kappa shape index (κ3) is 16.7. The molecule has 16 heteroatoms. The van der Waals surface area contributed by atoms with Crippen LogP contribution in [0.2, 0.25) is 0 Å². The molecular weight excluding hydrogens is 875 g/mol. The molecule has 0 radical (unpaired) electrons. The van der Waals surface area contributed by atoms with E-state index in [4.69, 9.17) is 14.4 Å². The predicted molar refractivity (Wildman–Crippen MR) is 261 cm³/mol. The van der Waals surface area contributed by atoms with Gasteiger partial charge in [-0.3, -0.25) is 14.4 Å². The zero-order chi connectivity index (χ0) is 48.7. The molecule has 0 saturated carbocycles. The molecule has 15 nitrogen and oxygen atoms in total. The number of ether oxygens (including phenoxy) is 1. The molecule has 5 aromatic rings. The lowest BCUT2D eigenvalue weighted by atomic mass is 10.0. The Morgan fingerprint density at radius 1 is 0.567 bits per heavy atom. The van der Waals surface area contributed by atoms with E-state index in [0.29, 0.717) is 47.5 Å². The van der Waals surface area contributed by atoms with Gasteiger partial charge in [-0.25, -0.2) is 14.4 Å². The first-order chi connectivity index (χ1) is 32.2. The average molecular weight is 928 g/mol. The Bertz CT molecular complexity index is 2540. The predicted octanol–water partition coefficient (Wildman–Crippen LogP) is 9.03. The highest BCUT2D eigenvalue weighted by atomic mass is 32.2. The number of hydrogen-bond acceptors (Lipinski definition) is 16. The van der Waals surface area contributed by atoms with E-state index in [1.165, 1.54) is 20.8 Å². The monoisotopic (exact) mass is 927 g/mol. The first-order valence-electron chi connectivity index (χ1n) is 21.1. The summed E-state index contributed by atoms with van der Waals surface area (Å²) in [5.41, 5.74) is 4.72. The molecule has 1 aliphatic heterocycles. The standard InChI is InChI=1S/C21H22N2O4.C17H15NO3S.C13H16N2O3/c1-2-19(22-27-21(25)17-6-4-3-5-7-17)20(24)16-8-10-18(11-9-16)23-12-14-26-15-13-23;1-12(16(19)13-8-10-15(22-2)11-9-13)18-21-17(20)14-6-4-3-5-7-14;1-9(10(2)16)14-18-13(17)11-5-7-12(8-6-11)15(3)4/h3-11H,2,12-15H2,1H3;3-11H,1-2H3;5-8H,1-4H3/b22-19+;18-12+;14-9+. The van der Waals surface area contributed by atoms with Crippen LogP contribution in [0.25, 0.3) is 0 Å². The molecule has 1 fully saturated rings. The number of morpholine rings is 1. The van der Waals surface area contributed by atoms with E-state index in [1.54, 1.807) is 122 Å². The Labute approximate surface area is 394 Å². The van der Waals surface area contributed by atoms with Crippen LogP contribution >= 0.6 is 11.8 Å². The summed E-state index contributed by atoms with van der Waals surface area (Å²) < 4.78 is 5.35. The van der Waals surface area contributed by atoms with Crippen LogP contribution in [0.3, 0.4) is 0 Å². The van der Waals surface area contributed by atoms with Crippen LogP contribution in [0.4, 0.5) is 11.4 Å². The summed E-state index contributed by atoms with van der Waals surface area (Å²) in [6.45, 7) is 9.26. The fourth-order valence-corrected chi connectivity index (χ4v) is 6.06. The van der Waals surface area contributed by atoms with E-state index in [9.17, 15) is 28.8 Å². The highest BCUT2D eigenvalue weighted by molar-refractivity contribution is 7.98. The second kappa shape index (κ2) is 27.0. The summed E-state index contributed by atoms with van der Waals surface area (Å²) in [5, 5.41) is 10.9. The minimum atomic E-state index is -0.592. The summed E-state index contributed by atoms with van der Waals surface area (Å²) in [4.78, 5) is 90.7. The smallest absolute Gasteiger partial charge is 0.365 e. The maximum Gasteiger partial charge on any atom is 0.365 e. The SMILES string of the molecule is CC(=O)/C(C)=N/OC(=O)c1ccc(N(C)C)cc1.CC/C(=N\OC(=O)c1ccccc1)C(=O)c1ccc(N2CCOCC2)cc1.CSc1ccc(C(=O)/C(C)=N/OC(=O)c2ccccc2)cc1.